The van der Waals surface area contributed by atoms with E-state index in [-0.39, 0.29) is 5.56 Å². The van der Waals surface area contributed by atoms with Crippen molar-refractivity contribution in [1.29, 1.82) is 0 Å². The molecule has 2 N–H and O–H groups in total. The van der Waals surface area contributed by atoms with Crippen molar-refractivity contribution < 1.29 is 0 Å². The molecule has 5 heteroatoms. The summed E-state index contributed by atoms with van der Waals surface area (Å²) in [6.07, 6.45) is 4.47. The van der Waals surface area contributed by atoms with E-state index in [0.717, 1.165) is 18.7 Å². The van der Waals surface area contributed by atoms with Gasteiger partial charge < -0.3 is 10.3 Å². The van der Waals surface area contributed by atoms with Crippen LogP contribution in [0.25, 0.3) is 0 Å². The fourth-order valence-corrected chi connectivity index (χ4v) is 1.72. The molecule has 0 fully saturated rings. The first-order chi connectivity index (χ1) is 8.15. The number of hydrogen-bond donors (Lipinski definition) is 1. The molecule has 0 saturated carbocycles. The average molecular weight is 232 g/mol. The van der Waals surface area contributed by atoms with Crippen molar-refractivity contribution in [2.45, 2.75) is 26.4 Å². The van der Waals surface area contributed by atoms with Gasteiger partial charge in [-0.05, 0) is 25.5 Å². The largest absolute Gasteiger partial charge is 0.398 e. The molecule has 0 aliphatic carbocycles. The lowest BCUT2D eigenvalue weighted by molar-refractivity contribution is 0.518. The molecule has 0 atom stereocenters. The van der Waals surface area contributed by atoms with Crippen LogP contribution in [-0.4, -0.2) is 14.3 Å². The predicted octanol–water partition coefficient (Wildman–Crippen LogP) is 1.03. The summed E-state index contributed by atoms with van der Waals surface area (Å²) in [7, 11) is 0. The van der Waals surface area contributed by atoms with Gasteiger partial charge in [-0.2, -0.15) is 5.10 Å². The van der Waals surface area contributed by atoms with E-state index in [4.69, 9.17) is 5.73 Å². The summed E-state index contributed by atoms with van der Waals surface area (Å²) >= 11 is 0. The Kier molecular flexibility index (Phi) is 3.27. The predicted molar refractivity (Wildman–Crippen MR) is 66.7 cm³/mol. The molecule has 0 aromatic carbocycles. The van der Waals surface area contributed by atoms with Gasteiger partial charge in [-0.1, -0.05) is 0 Å². The second-order valence-corrected chi connectivity index (χ2v) is 4.07. The molecule has 0 aliphatic heterocycles. The number of hydrogen-bond acceptors (Lipinski definition) is 3. The summed E-state index contributed by atoms with van der Waals surface area (Å²) in [5.74, 6) is 0. The van der Waals surface area contributed by atoms with Gasteiger partial charge in [0.15, 0.2) is 0 Å². The molecule has 0 aliphatic rings. The van der Waals surface area contributed by atoms with Crippen LogP contribution in [0.15, 0.2) is 35.4 Å². The Labute approximate surface area is 99.5 Å². The van der Waals surface area contributed by atoms with Crippen LogP contribution in [0.3, 0.4) is 0 Å². The lowest BCUT2D eigenvalue weighted by Gasteiger charge is -2.06. The molecule has 2 rings (SSSR count). The van der Waals surface area contributed by atoms with E-state index in [0.29, 0.717) is 12.2 Å². The maximum Gasteiger partial charge on any atom is 0.250 e. The SMILES string of the molecule is Cc1ccn(CCCn2cc(N)ccc2=O)n1. The Hall–Kier alpha value is -2.04. The van der Waals surface area contributed by atoms with Crippen LogP contribution < -0.4 is 11.3 Å². The number of nitrogens with two attached hydrogens (primary N) is 1. The highest BCUT2D eigenvalue weighted by Crippen LogP contribution is 1.99. The molecule has 90 valence electrons. The third-order valence-corrected chi connectivity index (χ3v) is 2.57. The van der Waals surface area contributed by atoms with E-state index in [2.05, 4.69) is 5.10 Å². The topological polar surface area (TPSA) is 65.8 Å². The van der Waals surface area contributed by atoms with Crippen LogP contribution in [0.2, 0.25) is 0 Å². The van der Waals surface area contributed by atoms with E-state index >= 15 is 0 Å². The van der Waals surface area contributed by atoms with Crippen LogP contribution in [0, 0.1) is 6.92 Å². The third-order valence-electron chi connectivity index (χ3n) is 2.57. The summed E-state index contributed by atoms with van der Waals surface area (Å²) < 4.78 is 3.51. The highest BCUT2D eigenvalue weighted by Gasteiger charge is 1.98. The van der Waals surface area contributed by atoms with Crippen molar-refractivity contribution in [3.05, 3.63) is 46.6 Å². The summed E-state index contributed by atoms with van der Waals surface area (Å²) in [5, 5.41) is 4.29. The average Bonchev–Trinajstić information content (AvgIpc) is 2.69. The van der Waals surface area contributed by atoms with Crippen molar-refractivity contribution in [3.8, 4) is 0 Å². The quantitative estimate of drug-likeness (QED) is 0.856. The minimum Gasteiger partial charge on any atom is -0.398 e. The van der Waals surface area contributed by atoms with E-state index in [1.54, 1.807) is 16.8 Å². The van der Waals surface area contributed by atoms with Gasteiger partial charge in [0, 0.05) is 37.2 Å². The van der Waals surface area contributed by atoms with Crippen LogP contribution >= 0.6 is 0 Å². The van der Waals surface area contributed by atoms with Crippen LogP contribution in [0.4, 0.5) is 5.69 Å². The van der Waals surface area contributed by atoms with Gasteiger partial charge in [0.25, 0.3) is 5.56 Å². The number of nitrogen functional groups attached to an aromatic ring is 1. The van der Waals surface area contributed by atoms with E-state index in [1.807, 2.05) is 23.9 Å². The Morgan fingerprint density at radius 1 is 1.29 bits per heavy atom. The lowest BCUT2D eigenvalue weighted by Crippen LogP contribution is -2.19. The highest BCUT2D eigenvalue weighted by molar-refractivity contribution is 5.33. The minimum absolute atomic E-state index is 0.0177. The van der Waals surface area contributed by atoms with E-state index in [1.165, 1.54) is 6.07 Å². The molecule has 2 aromatic rings. The molecule has 0 unspecified atom stereocenters. The molecule has 2 heterocycles. The third kappa shape index (κ3) is 2.96. The maximum absolute atomic E-state index is 11.5. The molecule has 0 spiro atoms. The molecular formula is C12H16N4O. The lowest BCUT2D eigenvalue weighted by atomic mass is 10.3. The summed E-state index contributed by atoms with van der Waals surface area (Å²) in [4.78, 5) is 11.5. The second kappa shape index (κ2) is 4.86. The number of aryl methyl sites for hydroxylation is 3. The van der Waals surface area contributed by atoms with Gasteiger partial charge in [0.05, 0.1) is 5.69 Å². The Bertz CT molecular complexity index is 556. The first-order valence-corrected chi connectivity index (χ1v) is 5.61. The van der Waals surface area contributed by atoms with Crippen LogP contribution in [0.5, 0.6) is 0 Å². The van der Waals surface area contributed by atoms with Gasteiger partial charge in [0.2, 0.25) is 0 Å². The van der Waals surface area contributed by atoms with Crippen molar-refractivity contribution in [2.75, 3.05) is 5.73 Å². The smallest absolute Gasteiger partial charge is 0.250 e. The number of rotatable bonds is 4. The van der Waals surface area contributed by atoms with Crippen molar-refractivity contribution in [1.82, 2.24) is 14.3 Å². The highest BCUT2D eigenvalue weighted by atomic mass is 16.1. The molecule has 0 saturated heterocycles. The number of nitrogens with zero attached hydrogens (tertiary/aromatic N) is 3. The van der Waals surface area contributed by atoms with Crippen molar-refractivity contribution in [3.63, 3.8) is 0 Å². The van der Waals surface area contributed by atoms with E-state index in [9.17, 15) is 4.79 Å². The molecular weight excluding hydrogens is 216 g/mol. The van der Waals surface area contributed by atoms with Gasteiger partial charge in [-0.15, -0.1) is 0 Å². The first kappa shape index (κ1) is 11.4. The van der Waals surface area contributed by atoms with Gasteiger partial charge in [-0.25, -0.2) is 0 Å². The number of pyridine rings is 1. The number of aromatic nitrogens is 3. The molecule has 17 heavy (non-hydrogen) atoms. The maximum atomic E-state index is 11.5. The summed E-state index contributed by atoms with van der Waals surface area (Å²) in [6.45, 7) is 3.41. The van der Waals surface area contributed by atoms with Crippen LogP contribution in [-0.2, 0) is 13.1 Å². The zero-order valence-electron chi connectivity index (χ0n) is 9.84. The van der Waals surface area contributed by atoms with Crippen molar-refractivity contribution in [2.24, 2.45) is 0 Å². The van der Waals surface area contributed by atoms with Crippen LogP contribution in [0.1, 0.15) is 12.1 Å². The Balaban J connectivity index is 1.94. The molecule has 5 nitrogen and oxygen atoms in total. The first-order valence-electron chi connectivity index (χ1n) is 5.61. The standard InChI is InChI=1S/C12H16N4O/c1-10-5-8-16(14-10)7-2-6-15-9-11(13)3-4-12(15)17/h3-5,8-9H,2,6-7,13H2,1H3. The second-order valence-electron chi connectivity index (χ2n) is 4.07. The molecule has 0 radical (unpaired) electrons. The zero-order chi connectivity index (χ0) is 12.3. The van der Waals surface area contributed by atoms with E-state index < -0.39 is 0 Å². The molecule has 2 aromatic heterocycles. The molecule has 0 amide bonds. The fraction of sp³-hybridized carbons (Fsp3) is 0.333. The minimum atomic E-state index is -0.0177. The normalized spacial score (nSPS) is 10.6. The zero-order valence-corrected chi connectivity index (χ0v) is 9.84. The van der Waals surface area contributed by atoms with Gasteiger partial charge in [0.1, 0.15) is 0 Å². The Morgan fingerprint density at radius 3 is 2.82 bits per heavy atom. The summed E-state index contributed by atoms with van der Waals surface area (Å²) in [6, 6.07) is 5.08. The fourth-order valence-electron chi connectivity index (χ4n) is 1.72. The molecule has 0 bridgehead atoms. The van der Waals surface area contributed by atoms with Gasteiger partial charge in [-0.3, -0.25) is 9.48 Å². The van der Waals surface area contributed by atoms with Crippen molar-refractivity contribution >= 4 is 5.69 Å². The number of anilines is 1. The Morgan fingerprint density at radius 2 is 2.12 bits per heavy atom. The van der Waals surface area contributed by atoms with Gasteiger partial charge >= 0.3 is 0 Å². The monoisotopic (exact) mass is 232 g/mol. The summed E-state index contributed by atoms with van der Waals surface area (Å²) in [5.41, 5.74) is 7.24.